The van der Waals surface area contributed by atoms with Crippen LogP contribution in [0.4, 0.5) is 28.9 Å². The monoisotopic (exact) mass is 529 g/mol. The van der Waals surface area contributed by atoms with Gasteiger partial charge in [0.1, 0.15) is 5.82 Å². The maximum Gasteiger partial charge on any atom is 0.424 e. The molecule has 6 N–H and O–H groups in total. The number of amides is 2. The molecule has 38 heavy (non-hydrogen) atoms. The fraction of sp³-hybridized carbons (Fsp3) is 0.269. The van der Waals surface area contributed by atoms with Crippen molar-refractivity contribution in [2.24, 2.45) is 5.73 Å². The van der Waals surface area contributed by atoms with Crippen LogP contribution in [0.3, 0.4) is 0 Å². The molecule has 0 fully saturated rings. The van der Waals surface area contributed by atoms with E-state index in [1.807, 2.05) is 0 Å². The molecule has 2 aliphatic rings. The molecule has 12 heteroatoms. The number of aliphatic hydroxyl groups is 1. The quantitative estimate of drug-likeness (QED) is 0.323. The number of aromatic nitrogens is 1. The molecule has 0 saturated heterocycles. The highest BCUT2D eigenvalue weighted by atomic mass is 19.4. The highest BCUT2D eigenvalue weighted by molar-refractivity contribution is 6.01. The average molecular weight is 529 g/mol. The van der Waals surface area contributed by atoms with Gasteiger partial charge in [0.25, 0.3) is 5.91 Å². The number of pyridine rings is 1. The zero-order valence-corrected chi connectivity index (χ0v) is 20.0. The van der Waals surface area contributed by atoms with Crippen molar-refractivity contribution < 1.29 is 32.3 Å². The van der Waals surface area contributed by atoms with Crippen LogP contribution in [0.25, 0.3) is 11.3 Å². The predicted molar refractivity (Wildman–Crippen MR) is 131 cm³/mol. The largest absolute Gasteiger partial charge is 0.424 e. The van der Waals surface area contributed by atoms with Crippen molar-refractivity contribution in [1.82, 2.24) is 10.3 Å². The van der Waals surface area contributed by atoms with E-state index in [9.17, 15) is 32.3 Å². The lowest BCUT2D eigenvalue weighted by atomic mass is 9.89. The molecule has 5 rings (SSSR count). The summed E-state index contributed by atoms with van der Waals surface area (Å²) in [7, 11) is 0. The zero-order chi connectivity index (χ0) is 27.5. The molecule has 3 aromatic rings. The van der Waals surface area contributed by atoms with E-state index < -0.39 is 41.3 Å². The number of hydrogen-bond acceptors (Lipinski definition) is 6. The molecule has 0 unspecified atom stereocenters. The van der Waals surface area contributed by atoms with Gasteiger partial charge in [-0.05, 0) is 61.0 Å². The van der Waals surface area contributed by atoms with Gasteiger partial charge in [-0.2, -0.15) is 13.2 Å². The number of anilines is 2. The van der Waals surface area contributed by atoms with Crippen LogP contribution < -0.4 is 21.7 Å². The molecule has 0 bridgehead atoms. The van der Waals surface area contributed by atoms with Gasteiger partial charge in [-0.15, -0.1) is 0 Å². The number of halogens is 4. The van der Waals surface area contributed by atoms with Crippen LogP contribution >= 0.6 is 0 Å². The molecule has 0 saturated carbocycles. The van der Waals surface area contributed by atoms with Gasteiger partial charge in [-0.1, -0.05) is 0 Å². The molecule has 3 heterocycles. The third-order valence-corrected chi connectivity index (χ3v) is 6.77. The number of nitrogens with zero attached hydrogens (tertiary/aromatic N) is 1. The van der Waals surface area contributed by atoms with Crippen molar-refractivity contribution in [3.8, 4) is 11.3 Å². The minimum Gasteiger partial charge on any atom is -0.381 e. The van der Waals surface area contributed by atoms with E-state index in [0.717, 1.165) is 18.2 Å². The summed E-state index contributed by atoms with van der Waals surface area (Å²) in [5.41, 5.74) is 2.98. The van der Waals surface area contributed by atoms with Gasteiger partial charge in [-0.25, -0.2) is 9.37 Å². The third kappa shape index (κ3) is 4.35. The van der Waals surface area contributed by atoms with Crippen LogP contribution in [-0.4, -0.2) is 41.2 Å². The van der Waals surface area contributed by atoms with Crippen molar-refractivity contribution in [1.29, 1.82) is 0 Å². The van der Waals surface area contributed by atoms with E-state index in [1.54, 1.807) is 6.92 Å². The van der Waals surface area contributed by atoms with Crippen molar-refractivity contribution in [2.75, 3.05) is 23.7 Å². The minimum atomic E-state index is -5.24. The maximum atomic E-state index is 14.4. The Morgan fingerprint density at radius 1 is 1.18 bits per heavy atom. The Morgan fingerprint density at radius 3 is 2.58 bits per heavy atom. The second-order valence-corrected chi connectivity index (χ2v) is 9.69. The second-order valence-electron chi connectivity index (χ2n) is 9.69. The SMILES string of the molecule is C[C@@]1(N)CNc2c1cc([C@](O)(CNC(=O)c1ccc3c(c1)CC(=O)N3)C(F)(F)F)nc2-c1ccc(F)cc1. The topological polar surface area (TPSA) is 129 Å². The number of carbonyl (C=O) groups excluding carboxylic acids is 2. The zero-order valence-electron chi connectivity index (χ0n) is 20.0. The third-order valence-electron chi connectivity index (χ3n) is 6.77. The molecule has 2 aromatic carbocycles. The molecular weight excluding hydrogens is 506 g/mol. The number of rotatable bonds is 5. The Bertz CT molecular complexity index is 1460. The van der Waals surface area contributed by atoms with Crippen molar-refractivity contribution >= 4 is 23.2 Å². The van der Waals surface area contributed by atoms with Crippen molar-refractivity contribution in [3.63, 3.8) is 0 Å². The van der Waals surface area contributed by atoms with Crippen molar-refractivity contribution in [3.05, 3.63) is 76.7 Å². The molecular formula is C26H23F4N5O3. The first-order valence-corrected chi connectivity index (χ1v) is 11.6. The lowest BCUT2D eigenvalue weighted by Crippen LogP contribution is -2.51. The average Bonchev–Trinajstić information content (AvgIpc) is 3.38. The van der Waals surface area contributed by atoms with Gasteiger partial charge >= 0.3 is 6.18 Å². The summed E-state index contributed by atoms with van der Waals surface area (Å²) in [6, 6.07) is 10.3. The lowest BCUT2D eigenvalue weighted by molar-refractivity contribution is -0.265. The van der Waals surface area contributed by atoms with Crippen LogP contribution in [-0.2, 0) is 22.4 Å². The highest BCUT2D eigenvalue weighted by Gasteiger charge is 2.57. The number of carbonyl (C=O) groups is 2. The number of nitrogens with two attached hydrogens (primary N) is 1. The summed E-state index contributed by atoms with van der Waals surface area (Å²) in [6.45, 7) is 0.567. The lowest BCUT2D eigenvalue weighted by Gasteiger charge is -2.31. The summed E-state index contributed by atoms with van der Waals surface area (Å²) in [5.74, 6) is -1.68. The maximum absolute atomic E-state index is 14.4. The fourth-order valence-electron chi connectivity index (χ4n) is 4.59. The molecule has 0 aliphatic carbocycles. The molecule has 2 aliphatic heterocycles. The van der Waals surface area contributed by atoms with Crippen LogP contribution in [0.5, 0.6) is 0 Å². The van der Waals surface area contributed by atoms with E-state index in [2.05, 4.69) is 20.9 Å². The van der Waals surface area contributed by atoms with Crippen LogP contribution in [0, 0.1) is 5.82 Å². The number of fused-ring (bicyclic) bond motifs is 2. The van der Waals surface area contributed by atoms with Gasteiger partial charge in [-0.3, -0.25) is 9.59 Å². The summed E-state index contributed by atoms with van der Waals surface area (Å²) in [6.07, 6.45) is -5.20. The van der Waals surface area contributed by atoms with E-state index in [-0.39, 0.29) is 35.7 Å². The standard InChI is InChI=1S/C26H23F4N5O3/c1-24(31)11-32-22-17(24)10-19(35-21(22)13-2-5-16(27)6-3-13)25(38,26(28,29)30)12-33-23(37)14-4-7-18-15(8-14)9-20(36)34-18/h2-8,10,32,38H,9,11-12,31H2,1H3,(H,33,37)(H,34,36)/t24-,25-/m1/s1. The summed E-state index contributed by atoms with van der Waals surface area (Å²) < 4.78 is 56.8. The Balaban J connectivity index is 1.53. The van der Waals surface area contributed by atoms with Gasteiger partial charge in [0.15, 0.2) is 0 Å². The van der Waals surface area contributed by atoms with Crippen LogP contribution in [0.15, 0.2) is 48.5 Å². The summed E-state index contributed by atoms with van der Waals surface area (Å²) in [4.78, 5) is 28.5. The number of nitrogens with one attached hydrogen (secondary N) is 3. The Labute approximate surface area is 214 Å². The Morgan fingerprint density at radius 2 is 1.89 bits per heavy atom. The minimum absolute atomic E-state index is 0.0254. The molecule has 2 amide bonds. The Kier molecular flexibility index (Phi) is 5.91. The first kappa shape index (κ1) is 25.6. The van der Waals surface area contributed by atoms with E-state index in [1.165, 1.54) is 30.3 Å². The number of benzene rings is 2. The summed E-state index contributed by atoms with van der Waals surface area (Å²) in [5, 5.41) is 18.8. The van der Waals surface area contributed by atoms with Gasteiger partial charge in [0.2, 0.25) is 11.5 Å². The number of hydrogen-bond donors (Lipinski definition) is 5. The molecule has 2 atom stereocenters. The van der Waals surface area contributed by atoms with E-state index in [0.29, 0.717) is 22.5 Å². The van der Waals surface area contributed by atoms with E-state index >= 15 is 0 Å². The molecule has 8 nitrogen and oxygen atoms in total. The van der Waals surface area contributed by atoms with Gasteiger partial charge < -0.3 is 26.8 Å². The normalized spacial score (nSPS) is 19.7. The predicted octanol–water partition coefficient (Wildman–Crippen LogP) is 3.16. The summed E-state index contributed by atoms with van der Waals surface area (Å²) >= 11 is 0. The molecule has 1 aromatic heterocycles. The Hall–Kier alpha value is -4.03. The molecule has 0 spiro atoms. The molecule has 198 valence electrons. The van der Waals surface area contributed by atoms with Crippen LogP contribution in [0.1, 0.15) is 34.1 Å². The van der Waals surface area contributed by atoms with Crippen molar-refractivity contribution in [2.45, 2.75) is 30.7 Å². The number of alkyl halides is 3. The molecule has 0 radical (unpaired) electrons. The second kappa shape index (κ2) is 8.77. The first-order chi connectivity index (χ1) is 17.8. The van der Waals surface area contributed by atoms with E-state index in [4.69, 9.17) is 5.73 Å². The van der Waals surface area contributed by atoms with Crippen LogP contribution in [0.2, 0.25) is 0 Å². The van der Waals surface area contributed by atoms with Gasteiger partial charge in [0.05, 0.1) is 35.6 Å². The smallest absolute Gasteiger partial charge is 0.381 e. The fourth-order valence-corrected chi connectivity index (χ4v) is 4.59. The first-order valence-electron chi connectivity index (χ1n) is 11.6. The van der Waals surface area contributed by atoms with Gasteiger partial charge in [0, 0.05) is 28.9 Å². The highest BCUT2D eigenvalue weighted by Crippen LogP contribution is 2.44.